The van der Waals surface area contributed by atoms with Gasteiger partial charge in [-0.15, -0.1) is 0 Å². The van der Waals surface area contributed by atoms with Crippen molar-refractivity contribution in [2.75, 3.05) is 26.7 Å². The molecule has 0 fully saturated rings. The third-order valence-electron chi connectivity index (χ3n) is 2.12. The van der Waals surface area contributed by atoms with Crippen LogP contribution in [0.5, 0.6) is 0 Å². The van der Waals surface area contributed by atoms with Gasteiger partial charge in [0.2, 0.25) is 5.96 Å². The van der Waals surface area contributed by atoms with Gasteiger partial charge in [0.1, 0.15) is 0 Å². The molecule has 0 aliphatic rings. The highest BCUT2D eigenvalue weighted by Gasteiger charge is 1.95. The minimum atomic E-state index is 0.489. The summed E-state index contributed by atoms with van der Waals surface area (Å²) >= 11 is 0. The Morgan fingerprint density at radius 1 is 1.53 bits per heavy atom. The van der Waals surface area contributed by atoms with Crippen LogP contribution in [0, 0.1) is 11.5 Å². The molecule has 0 aromatic carbocycles. The summed E-state index contributed by atoms with van der Waals surface area (Å²) in [5, 5.41) is 23.9. The number of aromatic nitrogens is 2. The van der Waals surface area contributed by atoms with Crippen molar-refractivity contribution in [1.29, 1.82) is 5.26 Å². The van der Waals surface area contributed by atoms with Gasteiger partial charge in [0, 0.05) is 45.0 Å². The highest BCUT2D eigenvalue weighted by atomic mass is 15.2. The molecule has 17 heavy (non-hydrogen) atoms. The topological polar surface area (TPSA) is 101 Å². The summed E-state index contributed by atoms with van der Waals surface area (Å²) in [7, 11) is 1.62. The van der Waals surface area contributed by atoms with Crippen LogP contribution in [-0.4, -0.2) is 42.8 Å². The number of H-pyrrole nitrogens is 1. The molecule has 1 rings (SSSR count). The van der Waals surface area contributed by atoms with Crippen LogP contribution in [0.25, 0.3) is 0 Å². The molecule has 0 aliphatic heterocycles. The van der Waals surface area contributed by atoms with Crippen LogP contribution in [0.15, 0.2) is 17.3 Å². The second kappa shape index (κ2) is 8.13. The third kappa shape index (κ3) is 5.53. The molecule has 1 aromatic rings. The van der Waals surface area contributed by atoms with E-state index in [1.807, 2.05) is 12.3 Å². The van der Waals surface area contributed by atoms with Crippen molar-refractivity contribution in [2.24, 2.45) is 4.99 Å². The molecule has 0 amide bonds. The standard InChI is InChI=1S/C10H17N7/c1-12-10(15-8-11)14-7-6-13-4-2-9-3-5-16-17-9/h3,5,13H,2,4,6-7H2,1H3,(H,16,17)(H2,12,14,15). The van der Waals surface area contributed by atoms with Gasteiger partial charge in [-0.1, -0.05) is 0 Å². The van der Waals surface area contributed by atoms with Crippen molar-refractivity contribution in [2.45, 2.75) is 6.42 Å². The van der Waals surface area contributed by atoms with Crippen molar-refractivity contribution in [1.82, 2.24) is 26.1 Å². The van der Waals surface area contributed by atoms with Crippen LogP contribution in [0.2, 0.25) is 0 Å². The van der Waals surface area contributed by atoms with Crippen LogP contribution in [0.1, 0.15) is 5.69 Å². The zero-order chi connectivity index (χ0) is 12.3. The maximum atomic E-state index is 8.41. The van der Waals surface area contributed by atoms with Gasteiger partial charge < -0.3 is 10.6 Å². The fourth-order valence-corrected chi connectivity index (χ4v) is 1.27. The predicted molar refractivity (Wildman–Crippen MR) is 65.3 cm³/mol. The fourth-order valence-electron chi connectivity index (χ4n) is 1.27. The summed E-state index contributed by atoms with van der Waals surface area (Å²) in [6.45, 7) is 2.40. The van der Waals surface area contributed by atoms with Crippen molar-refractivity contribution in [3.05, 3.63) is 18.0 Å². The molecule has 0 saturated carbocycles. The number of nitrogens with one attached hydrogen (secondary N) is 4. The lowest BCUT2D eigenvalue weighted by atomic mass is 10.3. The van der Waals surface area contributed by atoms with Crippen molar-refractivity contribution < 1.29 is 0 Å². The maximum absolute atomic E-state index is 8.41. The van der Waals surface area contributed by atoms with E-state index in [1.165, 1.54) is 0 Å². The Bertz CT molecular complexity index is 363. The molecule has 4 N–H and O–H groups in total. The van der Waals surface area contributed by atoms with E-state index in [9.17, 15) is 0 Å². The van der Waals surface area contributed by atoms with Crippen LogP contribution >= 0.6 is 0 Å². The molecular weight excluding hydrogens is 218 g/mol. The third-order valence-corrected chi connectivity index (χ3v) is 2.12. The van der Waals surface area contributed by atoms with Gasteiger partial charge in [0.05, 0.1) is 0 Å². The van der Waals surface area contributed by atoms with Crippen LogP contribution in [0.4, 0.5) is 0 Å². The van der Waals surface area contributed by atoms with E-state index < -0.39 is 0 Å². The van der Waals surface area contributed by atoms with E-state index in [1.54, 1.807) is 13.2 Å². The highest BCUT2D eigenvalue weighted by Crippen LogP contribution is 1.90. The molecule has 0 spiro atoms. The minimum Gasteiger partial charge on any atom is -0.354 e. The van der Waals surface area contributed by atoms with E-state index in [0.29, 0.717) is 12.5 Å². The average molecular weight is 235 g/mol. The molecule has 0 atom stereocenters. The van der Waals surface area contributed by atoms with Gasteiger partial charge >= 0.3 is 0 Å². The molecule has 1 aromatic heterocycles. The number of nitrogens with zero attached hydrogens (tertiary/aromatic N) is 3. The van der Waals surface area contributed by atoms with Gasteiger partial charge in [-0.05, 0) is 6.07 Å². The van der Waals surface area contributed by atoms with E-state index in [4.69, 9.17) is 5.26 Å². The van der Waals surface area contributed by atoms with E-state index >= 15 is 0 Å². The Labute approximate surface area is 100 Å². The summed E-state index contributed by atoms with van der Waals surface area (Å²) < 4.78 is 0. The summed E-state index contributed by atoms with van der Waals surface area (Å²) in [6, 6.07) is 1.96. The average Bonchev–Trinajstić information content (AvgIpc) is 2.85. The second-order valence-electron chi connectivity index (χ2n) is 3.32. The quantitative estimate of drug-likeness (QED) is 0.170. The first-order chi connectivity index (χ1) is 8.36. The fraction of sp³-hybridized carbons (Fsp3) is 0.500. The molecule has 7 nitrogen and oxygen atoms in total. The van der Waals surface area contributed by atoms with Gasteiger partial charge in [-0.25, -0.2) is 0 Å². The van der Waals surface area contributed by atoms with Crippen molar-refractivity contribution in [3.63, 3.8) is 0 Å². The molecule has 0 radical (unpaired) electrons. The SMILES string of the molecule is CN=C(NC#N)NCCNCCc1ccn[nH]1. The highest BCUT2D eigenvalue weighted by molar-refractivity contribution is 5.80. The van der Waals surface area contributed by atoms with Gasteiger partial charge in [-0.3, -0.25) is 15.4 Å². The number of guanidine groups is 1. The Kier molecular flexibility index (Phi) is 6.21. The van der Waals surface area contributed by atoms with E-state index in [2.05, 4.69) is 31.1 Å². The minimum absolute atomic E-state index is 0.489. The molecule has 92 valence electrons. The Morgan fingerprint density at radius 3 is 3.06 bits per heavy atom. The van der Waals surface area contributed by atoms with Gasteiger partial charge in [0.15, 0.2) is 6.19 Å². The number of rotatable bonds is 6. The Morgan fingerprint density at radius 2 is 2.41 bits per heavy atom. The summed E-state index contributed by atoms with van der Waals surface area (Å²) in [6.07, 6.45) is 4.48. The lowest BCUT2D eigenvalue weighted by molar-refractivity contribution is 0.659. The first-order valence-corrected chi connectivity index (χ1v) is 5.41. The molecular formula is C10H17N7. The monoisotopic (exact) mass is 235 g/mol. The lowest BCUT2D eigenvalue weighted by Gasteiger charge is -2.07. The number of nitriles is 1. The molecule has 0 aliphatic carbocycles. The second-order valence-corrected chi connectivity index (χ2v) is 3.32. The summed E-state index contributed by atoms with van der Waals surface area (Å²) in [5.74, 6) is 0.489. The molecule has 1 heterocycles. The van der Waals surface area contributed by atoms with E-state index in [0.717, 1.165) is 25.2 Å². The molecule has 0 saturated heterocycles. The number of hydrogen-bond donors (Lipinski definition) is 4. The van der Waals surface area contributed by atoms with Gasteiger partial charge in [0.25, 0.3) is 0 Å². The molecule has 0 unspecified atom stereocenters. The Balaban J connectivity index is 1.99. The number of aromatic amines is 1. The summed E-state index contributed by atoms with van der Waals surface area (Å²) in [4.78, 5) is 3.87. The predicted octanol–water partition coefficient (Wildman–Crippen LogP) is -0.812. The lowest BCUT2D eigenvalue weighted by Crippen LogP contribution is -2.38. The zero-order valence-corrected chi connectivity index (χ0v) is 9.82. The van der Waals surface area contributed by atoms with Crippen molar-refractivity contribution in [3.8, 4) is 6.19 Å². The van der Waals surface area contributed by atoms with E-state index in [-0.39, 0.29) is 0 Å². The van der Waals surface area contributed by atoms with Gasteiger partial charge in [-0.2, -0.15) is 10.4 Å². The first kappa shape index (κ1) is 13.0. The molecule has 0 bridgehead atoms. The largest absolute Gasteiger partial charge is 0.354 e. The number of hydrogen-bond acceptors (Lipinski definition) is 4. The Hall–Kier alpha value is -2.07. The normalized spacial score (nSPS) is 10.9. The number of aliphatic imine (C=N–C) groups is 1. The smallest absolute Gasteiger partial charge is 0.204 e. The van der Waals surface area contributed by atoms with Crippen LogP contribution in [0.3, 0.4) is 0 Å². The van der Waals surface area contributed by atoms with Crippen LogP contribution in [-0.2, 0) is 6.42 Å². The first-order valence-electron chi connectivity index (χ1n) is 5.41. The maximum Gasteiger partial charge on any atom is 0.204 e. The molecule has 7 heteroatoms. The van der Waals surface area contributed by atoms with Crippen LogP contribution < -0.4 is 16.0 Å². The summed E-state index contributed by atoms with van der Waals surface area (Å²) in [5.41, 5.74) is 1.12. The van der Waals surface area contributed by atoms with Crippen molar-refractivity contribution >= 4 is 5.96 Å². The zero-order valence-electron chi connectivity index (χ0n) is 9.82.